The number of para-hydroxylation sites is 1. The second-order valence-corrected chi connectivity index (χ2v) is 4.46. The van der Waals surface area contributed by atoms with Gasteiger partial charge in [-0.2, -0.15) is 0 Å². The molecule has 2 aromatic carbocycles. The number of nitrogens with zero attached hydrogens (tertiary/aromatic N) is 3. The summed E-state index contributed by atoms with van der Waals surface area (Å²) < 4.78 is 28.1. The fourth-order valence-corrected chi connectivity index (χ4v) is 2.08. The van der Waals surface area contributed by atoms with Crippen molar-refractivity contribution in [1.82, 2.24) is 15.0 Å². The zero-order valence-electron chi connectivity index (χ0n) is 11.1. The van der Waals surface area contributed by atoms with E-state index in [0.29, 0.717) is 5.56 Å². The van der Waals surface area contributed by atoms with Crippen molar-refractivity contribution >= 4 is 5.97 Å². The lowest BCUT2D eigenvalue weighted by molar-refractivity contribution is 0.0691. The van der Waals surface area contributed by atoms with E-state index in [4.69, 9.17) is 0 Å². The molecule has 22 heavy (non-hydrogen) atoms. The monoisotopic (exact) mass is 301 g/mol. The molecule has 110 valence electrons. The highest BCUT2D eigenvalue weighted by molar-refractivity contribution is 5.93. The Labute approximate surface area is 123 Å². The van der Waals surface area contributed by atoms with Crippen molar-refractivity contribution in [2.24, 2.45) is 0 Å². The van der Waals surface area contributed by atoms with Gasteiger partial charge < -0.3 is 5.11 Å². The minimum Gasteiger partial charge on any atom is -0.476 e. The molecular weight excluding hydrogens is 292 g/mol. The summed E-state index contributed by atoms with van der Waals surface area (Å²) in [5.74, 6) is -2.35. The maximum absolute atomic E-state index is 13.9. The molecule has 0 amide bonds. The molecular formula is C15H9F2N3O2. The summed E-state index contributed by atoms with van der Waals surface area (Å²) in [5.41, 5.74) is 0.168. The Balaban J connectivity index is 2.27. The number of halogens is 2. The smallest absolute Gasteiger partial charge is 0.358 e. The van der Waals surface area contributed by atoms with Gasteiger partial charge in [0.15, 0.2) is 5.69 Å². The maximum atomic E-state index is 13.9. The number of benzene rings is 2. The zero-order valence-corrected chi connectivity index (χ0v) is 11.1. The van der Waals surface area contributed by atoms with Crippen LogP contribution in [0.25, 0.3) is 16.9 Å². The molecule has 0 bridgehead atoms. The zero-order chi connectivity index (χ0) is 15.7. The first-order valence-corrected chi connectivity index (χ1v) is 6.28. The summed E-state index contributed by atoms with van der Waals surface area (Å²) in [7, 11) is 0. The molecule has 0 unspecified atom stereocenters. The molecule has 0 saturated heterocycles. The summed E-state index contributed by atoms with van der Waals surface area (Å²) in [6.45, 7) is 0. The second-order valence-electron chi connectivity index (χ2n) is 4.46. The minimum atomic E-state index is -1.30. The van der Waals surface area contributed by atoms with Crippen molar-refractivity contribution in [2.75, 3.05) is 0 Å². The molecule has 0 aliphatic carbocycles. The third kappa shape index (κ3) is 2.32. The molecule has 0 spiro atoms. The van der Waals surface area contributed by atoms with Crippen LogP contribution in [-0.4, -0.2) is 26.1 Å². The van der Waals surface area contributed by atoms with E-state index in [2.05, 4.69) is 10.3 Å². The van der Waals surface area contributed by atoms with E-state index in [1.54, 1.807) is 6.07 Å². The van der Waals surface area contributed by atoms with E-state index in [0.717, 1.165) is 4.68 Å². The quantitative estimate of drug-likeness (QED) is 0.807. The fourth-order valence-electron chi connectivity index (χ4n) is 2.08. The van der Waals surface area contributed by atoms with E-state index in [9.17, 15) is 18.7 Å². The average molecular weight is 301 g/mol. The topological polar surface area (TPSA) is 68.0 Å². The minimum absolute atomic E-state index is 0.0572. The van der Waals surface area contributed by atoms with Crippen LogP contribution in [0, 0.1) is 11.6 Å². The standard InChI is InChI=1S/C15H9F2N3O2/c16-10-7-5-9(6-8-10)14-13(15(21)22)18-19-20(14)12-4-2-1-3-11(12)17/h1-8H,(H,21,22). The number of hydrogen-bond acceptors (Lipinski definition) is 3. The van der Waals surface area contributed by atoms with Gasteiger partial charge in [0.1, 0.15) is 23.0 Å². The molecule has 0 aliphatic heterocycles. The summed E-state index contributed by atoms with van der Waals surface area (Å²) in [6, 6.07) is 10.9. The second kappa shape index (κ2) is 5.36. The first-order chi connectivity index (χ1) is 10.6. The summed E-state index contributed by atoms with van der Waals surface area (Å²) >= 11 is 0. The van der Waals surface area contributed by atoms with E-state index < -0.39 is 17.6 Å². The van der Waals surface area contributed by atoms with Crippen LogP contribution >= 0.6 is 0 Å². The summed E-state index contributed by atoms with van der Waals surface area (Å²) in [4.78, 5) is 11.3. The number of carbonyl (C=O) groups is 1. The number of aromatic carboxylic acids is 1. The number of carboxylic acids is 1. The molecule has 0 aliphatic rings. The highest BCUT2D eigenvalue weighted by Gasteiger charge is 2.22. The van der Waals surface area contributed by atoms with E-state index in [1.165, 1.54) is 42.5 Å². The Bertz CT molecular complexity index is 844. The average Bonchev–Trinajstić information content (AvgIpc) is 2.93. The van der Waals surface area contributed by atoms with E-state index in [1.807, 2.05) is 0 Å². The highest BCUT2D eigenvalue weighted by Crippen LogP contribution is 2.26. The molecule has 1 aromatic heterocycles. The van der Waals surface area contributed by atoms with Gasteiger partial charge in [0.2, 0.25) is 0 Å². The van der Waals surface area contributed by atoms with Gasteiger partial charge in [-0.05, 0) is 36.4 Å². The van der Waals surface area contributed by atoms with Crippen molar-refractivity contribution in [2.45, 2.75) is 0 Å². The molecule has 1 heterocycles. The van der Waals surface area contributed by atoms with Crippen LogP contribution in [0.2, 0.25) is 0 Å². The molecule has 0 saturated carbocycles. The van der Waals surface area contributed by atoms with Gasteiger partial charge in [-0.3, -0.25) is 0 Å². The van der Waals surface area contributed by atoms with Crippen LogP contribution in [0.3, 0.4) is 0 Å². The molecule has 1 N–H and O–H groups in total. The first kappa shape index (κ1) is 13.9. The van der Waals surface area contributed by atoms with Crippen LogP contribution < -0.4 is 0 Å². The Kier molecular flexibility index (Phi) is 3.38. The molecule has 3 aromatic rings. The third-order valence-electron chi connectivity index (χ3n) is 3.07. The lowest BCUT2D eigenvalue weighted by Gasteiger charge is -2.08. The SMILES string of the molecule is O=C(O)c1nnn(-c2ccccc2F)c1-c1ccc(F)cc1. The van der Waals surface area contributed by atoms with Gasteiger partial charge >= 0.3 is 5.97 Å². The predicted molar refractivity (Wildman–Crippen MR) is 73.7 cm³/mol. The number of carboxylic acid groups (broad SMARTS) is 1. The van der Waals surface area contributed by atoms with Crippen LogP contribution in [0.5, 0.6) is 0 Å². The molecule has 5 nitrogen and oxygen atoms in total. The highest BCUT2D eigenvalue weighted by atomic mass is 19.1. The van der Waals surface area contributed by atoms with Crippen LogP contribution in [0.15, 0.2) is 48.5 Å². The van der Waals surface area contributed by atoms with E-state index >= 15 is 0 Å². The summed E-state index contributed by atoms with van der Waals surface area (Å²) in [6.07, 6.45) is 0. The van der Waals surface area contributed by atoms with Crippen molar-refractivity contribution < 1.29 is 18.7 Å². The Hall–Kier alpha value is -3.09. The van der Waals surface area contributed by atoms with Crippen molar-refractivity contribution in [3.8, 4) is 16.9 Å². The Morgan fingerprint density at radius 2 is 1.73 bits per heavy atom. The molecule has 0 atom stereocenters. The van der Waals surface area contributed by atoms with Gasteiger partial charge in [0.05, 0.1) is 0 Å². The normalized spacial score (nSPS) is 10.6. The van der Waals surface area contributed by atoms with Crippen molar-refractivity contribution in [1.29, 1.82) is 0 Å². The Morgan fingerprint density at radius 1 is 1.05 bits per heavy atom. The van der Waals surface area contributed by atoms with Crippen LogP contribution in [0.4, 0.5) is 8.78 Å². The van der Waals surface area contributed by atoms with Crippen molar-refractivity contribution in [3.05, 3.63) is 65.9 Å². The predicted octanol–water partition coefficient (Wildman–Crippen LogP) is 2.91. The maximum Gasteiger partial charge on any atom is 0.358 e. The first-order valence-electron chi connectivity index (χ1n) is 6.28. The van der Waals surface area contributed by atoms with Crippen LogP contribution in [-0.2, 0) is 0 Å². The Morgan fingerprint density at radius 3 is 2.36 bits per heavy atom. The van der Waals surface area contributed by atoms with Gasteiger partial charge in [0.25, 0.3) is 0 Å². The molecule has 7 heteroatoms. The molecule has 0 radical (unpaired) electrons. The van der Waals surface area contributed by atoms with Crippen LogP contribution in [0.1, 0.15) is 10.5 Å². The van der Waals surface area contributed by atoms with Gasteiger partial charge in [-0.15, -0.1) is 5.10 Å². The molecule has 0 fully saturated rings. The largest absolute Gasteiger partial charge is 0.476 e. The summed E-state index contributed by atoms with van der Waals surface area (Å²) in [5, 5.41) is 16.5. The number of aromatic nitrogens is 3. The van der Waals surface area contributed by atoms with E-state index in [-0.39, 0.29) is 17.1 Å². The number of rotatable bonds is 3. The fraction of sp³-hybridized carbons (Fsp3) is 0. The lowest BCUT2D eigenvalue weighted by Crippen LogP contribution is -2.04. The van der Waals surface area contributed by atoms with Crippen molar-refractivity contribution in [3.63, 3.8) is 0 Å². The lowest BCUT2D eigenvalue weighted by atomic mass is 10.1. The van der Waals surface area contributed by atoms with Gasteiger partial charge in [0, 0.05) is 5.56 Å². The third-order valence-corrected chi connectivity index (χ3v) is 3.07. The molecule has 3 rings (SSSR count). The van der Waals surface area contributed by atoms with Gasteiger partial charge in [-0.25, -0.2) is 18.3 Å². The number of hydrogen-bond donors (Lipinski definition) is 1. The van der Waals surface area contributed by atoms with Gasteiger partial charge in [-0.1, -0.05) is 17.3 Å².